The third-order valence-electron chi connectivity index (χ3n) is 5.27. The van der Waals surface area contributed by atoms with Gasteiger partial charge in [-0.05, 0) is 29.7 Å². The predicted octanol–water partition coefficient (Wildman–Crippen LogP) is 2.22. The second kappa shape index (κ2) is 11.4. The van der Waals surface area contributed by atoms with Gasteiger partial charge < -0.3 is 25.3 Å². The van der Waals surface area contributed by atoms with E-state index in [4.69, 9.17) is 19.9 Å². The van der Waals surface area contributed by atoms with Crippen LogP contribution in [-0.4, -0.2) is 64.5 Å². The molecule has 1 aliphatic heterocycles. The van der Waals surface area contributed by atoms with Gasteiger partial charge in [-0.25, -0.2) is 0 Å². The van der Waals surface area contributed by atoms with E-state index in [-0.39, 0.29) is 6.04 Å². The molecule has 1 unspecified atom stereocenters. The standard InChI is InChI=1S/C23H32N4O3/c1-28-21-9-8-18(16-22(21)29-2)10-11-25-23(24)26-17-20(19-6-4-3-5-7-19)27-12-14-30-15-13-27/h3-9,16,20H,10-15,17H2,1-2H3,(H3,24,25,26). The molecule has 2 aromatic carbocycles. The number of nitrogens with two attached hydrogens (primary N) is 1. The van der Waals surface area contributed by atoms with E-state index in [2.05, 4.69) is 39.5 Å². The Morgan fingerprint density at radius 2 is 1.83 bits per heavy atom. The quantitative estimate of drug-likeness (QED) is 0.486. The molecule has 1 fully saturated rings. The first-order valence-electron chi connectivity index (χ1n) is 10.3. The zero-order chi connectivity index (χ0) is 21.2. The predicted molar refractivity (Wildman–Crippen MR) is 119 cm³/mol. The fourth-order valence-electron chi connectivity index (χ4n) is 3.61. The van der Waals surface area contributed by atoms with E-state index in [1.54, 1.807) is 14.2 Å². The molecule has 0 radical (unpaired) electrons. The van der Waals surface area contributed by atoms with Crippen LogP contribution in [0.3, 0.4) is 0 Å². The lowest BCUT2D eigenvalue weighted by molar-refractivity contribution is 0.0180. The number of benzene rings is 2. The highest BCUT2D eigenvalue weighted by atomic mass is 16.5. The van der Waals surface area contributed by atoms with Gasteiger partial charge in [0.05, 0.1) is 40.0 Å². The smallest absolute Gasteiger partial charge is 0.188 e. The highest BCUT2D eigenvalue weighted by molar-refractivity contribution is 5.77. The van der Waals surface area contributed by atoms with Gasteiger partial charge in [0.15, 0.2) is 17.5 Å². The number of nitrogens with zero attached hydrogens (tertiary/aromatic N) is 2. The molecule has 162 valence electrons. The summed E-state index contributed by atoms with van der Waals surface area (Å²) < 4.78 is 16.2. The van der Waals surface area contributed by atoms with E-state index < -0.39 is 0 Å². The monoisotopic (exact) mass is 412 g/mol. The van der Waals surface area contributed by atoms with Gasteiger partial charge in [-0.2, -0.15) is 0 Å². The van der Waals surface area contributed by atoms with Crippen molar-refractivity contribution >= 4 is 5.96 Å². The van der Waals surface area contributed by atoms with Crippen LogP contribution in [0.5, 0.6) is 11.5 Å². The van der Waals surface area contributed by atoms with Crippen LogP contribution in [0.1, 0.15) is 17.2 Å². The molecule has 30 heavy (non-hydrogen) atoms. The fraction of sp³-hybridized carbons (Fsp3) is 0.435. The van der Waals surface area contributed by atoms with Gasteiger partial charge in [-0.15, -0.1) is 0 Å². The first-order chi connectivity index (χ1) is 14.7. The van der Waals surface area contributed by atoms with Gasteiger partial charge in [0.2, 0.25) is 0 Å². The Balaban J connectivity index is 1.56. The minimum Gasteiger partial charge on any atom is -0.493 e. The molecule has 1 heterocycles. The van der Waals surface area contributed by atoms with Crippen molar-refractivity contribution in [3.8, 4) is 11.5 Å². The first-order valence-corrected chi connectivity index (χ1v) is 10.3. The van der Waals surface area contributed by atoms with E-state index >= 15 is 0 Å². The number of hydrogen-bond acceptors (Lipinski definition) is 5. The summed E-state index contributed by atoms with van der Waals surface area (Å²) >= 11 is 0. The minimum absolute atomic E-state index is 0.196. The summed E-state index contributed by atoms with van der Waals surface area (Å²) in [6.07, 6.45) is 0.808. The molecule has 3 rings (SSSR count). The molecule has 2 aromatic rings. The summed E-state index contributed by atoms with van der Waals surface area (Å²) in [5.41, 5.74) is 8.54. The average Bonchev–Trinajstić information content (AvgIpc) is 2.80. The Kier molecular flexibility index (Phi) is 8.35. The topological polar surface area (TPSA) is 81.3 Å². The highest BCUT2D eigenvalue weighted by Crippen LogP contribution is 2.27. The summed E-state index contributed by atoms with van der Waals surface area (Å²) in [7, 11) is 3.28. The summed E-state index contributed by atoms with van der Waals surface area (Å²) in [6, 6.07) is 16.6. The van der Waals surface area contributed by atoms with E-state index in [0.717, 1.165) is 49.8 Å². The van der Waals surface area contributed by atoms with E-state index in [9.17, 15) is 0 Å². The van der Waals surface area contributed by atoms with Gasteiger partial charge in [-0.3, -0.25) is 9.89 Å². The number of guanidine groups is 1. The molecule has 0 aromatic heterocycles. The van der Waals surface area contributed by atoms with Crippen molar-refractivity contribution in [2.24, 2.45) is 10.7 Å². The third-order valence-corrected chi connectivity index (χ3v) is 5.27. The van der Waals surface area contributed by atoms with Gasteiger partial charge in [0.1, 0.15) is 0 Å². The van der Waals surface area contributed by atoms with Crippen LogP contribution in [0.25, 0.3) is 0 Å². The second-order valence-electron chi connectivity index (χ2n) is 7.17. The lowest BCUT2D eigenvalue weighted by Crippen LogP contribution is -2.41. The lowest BCUT2D eigenvalue weighted by Gasteiger charge is -2.34. The van der Waals surface area contributed by atoms with Gasteiger partial charge in [0, 0.05) is 19.6 Å². The number of ether oxygens (including phenoxy) is 3. The zero-order valence-electron chi connectivity index (χ0n) is 17.8. The molecule has 7 nitrogen and oxygen atoms in total. The lowest BCUT2D eigenvalue weighted by atomic mass is 10.1. The highest BCUT2D eigenvalue weighted by Gasteiger charge is 2.22. The number of methoxy groups -OCH3 is 2. The van der Waals surface area contributed by atoms with Crippen molar-refractivity contribution < 1.29 is 14.2 Å². The molecule has 0 spiro atoms. The molecule has 1 saturated heterocycles. The van der Waals surface area contributed by atoms with Crippen molar-refractivity contribution in [3.63, 3.8) is 0 Å². The molecule has 0 amide bonds. The summed E-state index contributed by atoms with van der Waals surface area (Å²) in [5, 5.41) is 3.22. The number of nitrogens with one attached hydrogen (secondary N) is 1. The number of morpholine rings is 1. The molecular formula is C23H32N4O3. The molecule has 0 aliphatic carbocycles. The van der Waals surface area contributed by atoms with Crippen LogP contribution in [-0.2, 0) is 11.2 Å². The van der Waals surface area contributed by atoms with Crippen LogP contribution < -0.4 is 20.5 Å². The Hall–Kier alpha value is -2.77. The summed E-state index contributed by atoms with van der Waals surface area (Å²) in [4.78, 5) is 7.04. The van der Waals surface area contributed by atoms with E-state index in [1.807, 2.05) is 24.3 Å². The number of aliphatic imine (C=N–C) groups is 1. The van der Waals surface area contributed by atoms with Gasteiger partial charge in [0.25, 0.3) is 0 Å². The van der Waals surface area contributed by atoms with Crippen molar-refractivity contribution in [2.45, 2.75) is 12.5 Å². The first kappa shape index (κ1) is 21.9. The molecule has 0 bridgehead atoms. The van der Waals surface area contributed by atoms with Crippen LogP contribution in [0.2, 0.25) is 0 Å². The normalized spacial score (nSPS) is 16.1. The molecule has 0 saturated carbocycles. The maximum atomic E-state index is 6.15. The molecule has 3 N–H and O–H groups in total. The summed E-state index contributed by atoms with van der Waals surface area (Å²) in [5.74, 6) is 1.92. The fourth-order valence-corrected chi connectivity index (χ4v) is 3.61. The second-order valence-corrected chi connectivity index (χ2v) is 7.17. The zero-order valence-corrected chi connectivity index (χ0v) is 17.8. The maximum absolute atomic E-state index is 6.15. The largest absolute Gasteiger partial charge is 0.493 e. The van der Waals surface area contributed by atoms with Crippen molar-refractivity contribution in [3.05, 3.63) is 59.7 Å². The van der Waals surface area contributed by atoms with Crippen LogP contribution in [0.15, 0.2) is 53.5 Å². The summed E-state index contributed by atoms with van der Waals surface area (Å²) in [6.45, 7) is 4.62. The van der Waals surface area contributed by atoms with Crippen LogP contribution >= 0.6 is 0 Å². The van der Waals surface area contributed by atoms with Crippen molar-refractivity contribution in [1.82, 2.24) is 10.2 Å². The number of hydrogen-bond donors (Lipinski definition) is 2. The maximum Gasteiger partial charge on any atom is 0.188 e. The molecule has 1 aliphatic rings. The molecular weight excluding hydrogens is 380 g/mol. The van der Waals surface area contributed by atoms with Crippen molar-refractivity contribution in [1.29, 1.82) is 0 Å². The Morgan fingerprint density at radius 1 is 1.10 bits per heavy atom. The third kappa shape index (κ3) is 6.11. The van der Waals surface area contributed by atoms with Gasteiger partial charge >= 0.3 is 0 Å². The Bertz CT molecular complexity index is 807. The van der Waals surface area contributed by atoms with E-state index in [1.165, 1.54) is 5.56 Å². The van der Waals surface area contributed by atoms with Crippen LogP contribution in [0, 0.1) is 0 Å². The molecule has 7 heteroatoms. The number of rotatable bonds is 9. The van der Waals surface area contributed by atoms with Crippen molar-refractivity contribution in [2.75, 3.05) is 53.6 Å². The average molecular weight is 413 g/mol. The van der Waals surface area contributed by atoms with Crippen LogP contribution in [0.4, 0.5) is 0 Å². The Morgan fingerprint density at radius 3 is 2.53 bits per heavy atom. The van der Waals surface area contributed by atoms with Gasteiger partial charge in [-0.1, -0.05) is 36.4 Å². The SMILES string of the molecule is COc1ccc(CCNC(N)=NCC(c2ccccc2)N2CCOCC2)cc1OC. The van der Waals surface area contributed by atoms with E-state index in [0.29, 0.717) is 19.0 Å². The minimum atomic E-state index is 0.196. The molecule has 1 atom stereocenters. The Labute approximate surface area is 178 Å².